The fourth-order valence-corrected chi connectivity index (χ4v) is 4.19. The van der Waals surface area contributed by atoms with Gasteiger partial charge in [-0.1, -0.05) is 53.7 Å². The summed E-state index contributed by atoms with van der Waals surface area (Å²) in [7, 11) is 1.69. The van der Waals surface area contributed by atoms with Gasteiger partial charge in [-0.05, 0) is 57.3 Å². The highest BCUT2D eigenvalue weighted by Gasteiger charge is 2.31. The van der Waals surface area contributed by atoms with Gasteiger partial charge in [-0.2, -0.15) is 0 Å². The van der Waals surface area contributed by atoms with Gasteiger partial charge in [-0.3, -0.25) is 4.90 Å². The molecule has 0 saturated carbocycles. The molecule has 3 rings (SSSR count). The van der Waals surface area contributed by atoms with Gasteiger partial charge in [0.25, 0.3) is 0 Å². The van der Waals surface area contributed by atoms with E-state index in [9.17, 15) is 5.11 Å². The second-order valence-corrected chi connectivity index (χ2v) is 10.3. The van der Waals surface area contributed by atoms with Crippen LogP contribution in [-0.4, -0.2) is 43.4 Å². The predicted molar refractivity (Wildman–Crippen MR) is 123 cm³/mol. The molecule has 0 bridgehead atoms. The highest BCUT2D eigenvalue weighted by molar-refractivity contribution is 5.52. The van der Waals surface area contributed by atoms with Crippen molar-refractivity contribution in [3.05, 3.63) is 58.7 Å². The van der Waals surface area contributed by atoms with Crippen LogP contribution in [0.25, 0.3) is 0 Å². The van der Waals surface area contributed by atoms with Crippen molar-refractivity contribution in [2.24, 2.45) is 0 Å². The average molecular weight is 412 g/mol. The molecule has 4 nitrogen and oxygen atoms in total. The Labute approximate surface area is 181 Å². The number of hydrogen-bond acceptors (Lipinski definition) is 4. The van der Waals surface area contributed by atoms with E-state index < -0.39 is 0 Å². The largest absolute Gasteiger partial charge is 0.507 e. The lowest BCUT2D eigenvalue weighted by atomic mass is 9.77. The summed E-state index contributed by atoms with van der Waals surface area (Å²) in [6.45, 7) is 16.2. The summed E-state index contributed by atoms with van der Waals surface area (Å²) in [5.41, 5.74) is 4.12. The number of nitrogens with zero attached hydrogens (tertiary/aromatic N) is 1. The number of hydrogen-bond donors (Lipinski definition) is 1. The van der Waals surface area contributed by atoms with E-state index in [1.807, 2.05) is 12.1 Å². The van der Waals surface area contributed by atoms with E-state index in [2.05, 4.69) is 70.7 Å². The van der Waals surface area contributed by atoms with Gasteiger partial charge in [0.05, 0.1) is 26.4 Å². The zero-order chi connectivity index (χ0) is 22.1. The maximum Gasteiger partial charge on any atom is 0.123 e. The maximum atomic E-state index is 11.2. The Morgan fingerprint density at radius 3 is 1.80 bits per heavy atom. The van der Waals surface area contributed by atoms with E-state index in [1.165, 1.54) is 11.1 Å². The second kappa shape index (κ2) is 8.60. The molecule has 0 unspecified atom stereocenters. The Kier molecular flexibility index (Phi) is 6.49. The molecule has 0 aromatic heterocycles. The Bertz CT molecular complexity index is 818. The quantitative estimate of drug-likeness (QED) is 0.730. The lowest BCUT2D eigenvalue weighted by Crippen LogP contribution is -2.39. The minimum Gasteiger partial charge on any atom is -0.507 e. The van der Waals surface area contributed by atoms with Crippen molar-refractivity contribution in [3.8, 4) is 11.5 Å². The minimum atomic E-state index is -0.157. The lowest BCUT2D eigenvalue weighted by Gasteiger charge is -2.37. The molecule has 1 aliphatic heterocycles. The monoisotopic (exact) mass is 411 g/mol. The first kappa shape index (κ1) is 22.6. The highest BCUT2D eigenvalue weighted by Crippen LogP contribution is 2.43. The average Bonchev–Trinajstić information content (AvgIpc) is 2.69. The molecule has 164 valence electrons. The molecule has 1 aliphatic rings. The molecule has 0 radical (unpaired) electrons. The van der Waals surface area contributed by atoms with Crippen LogP contribution in [0.2, 0.25) is 0 Å². The van der Waals surface area contributed by atoms with Crippen molar-refractivity contribution in [2.45, 2.75) is 58.4 Å². The minimum absolute atomic E-state index is 0.0996. The van der Waals surface area contributed by atoms with Crippen LogP contribution in [0.3, 0.4) is 0 Å². The number of aromatic hydroxyl groups is 1. The molecule has 1 fully saturated rings. The third-order valence-electron chi connectivity index (χ3n) is 5.91. The molecule has 0 spiro atoms. The van der Waals surface area contributed by atoms with Crippen LogP contribution in [0.4, 0.5) is 0 Å². The summed E-state index contributed by atoms with van der Waals surface area (Å²) in [5, 5.41) is 11.2. The summed E-state index contributed by atoms with van der Waals surface area (Å²) in [6.07, 6.45) is 0. The molecule has 1 heterocycles. The Morgan fingerprint density at radius 2 is 1.37 bits per heavy atom. The number of benzene rings is 2. The standard InChI is InChI=1S/C26H37NO3/c1-25(2,3)21-16-19(17-22(24(21)28)26(4,5)6)23(27-12-14-30-15-13-27)18-8-10-20(29-7)11-9-18/h8-11,16-17,23,28H,12-15H2,1-7H3/t23-/m0/s1. The number of phenols is 1. The predicted octanol–water partition coefficient (Wildman–Crippen LogP) is 5.42. The molecular weight excluding hydrogens is 374 g/mol. The number of phenolic OH excluding ortho intramolecular Hbond substituents is 1. The number of rotatable bonds is 4. The van der Waals surface area contributed by atoms with E-state index in [0.717, 1.165) is 43.2 Å². The van der Waals surface area contributed by atoms with E-state index >= 15 is 0 Å². The van der Waals surface area contributed by atoms with Crippen molar-refractivity contribution >= 4 is 0 Å². The van der Waals surface area contributed by atoms with E-state index in [1.54, 1.807) is 7.11 Å². The van der Waals surface area contributed by atoms with Gasteiger partial charge in [0.2, 0.25) is 0 Å². The van der Waals surface area contributed by atoms with Crippen LogP contribution >= 0.6 is 0 Å². The molecule has 0 aliphatic carbocycles. The molecule has 30 heavy (non-hydrogen) atoms. The van der Waals surface area contributed by atoms with Gasteiger partial charge in [-0.15, -0.1) is 0 Å². The van der Waals surface area contributed by atoms with Crippen molar-refractivity contribution in [2.75, 3.05) is 33.4 Å². The fraction of sp³-hybridized carbons (Fsp3) is 0.538. The Morgan fingerprint density at radius 1 is 0.867 bits per heavy atom. The first-order valence-electron chi connectivity index (χ1n) is 10.9. The van der Waals surface area contributed by atoms with E-state index in [0.29, 0.717) is 5.75 Å². The van der Waals surface area contributed by atoms with Gasteiger partial charge in [-0.25, -0.2) is 0 Å². The maximum absolute atomic E-state index is 11.2. The molecular formula is C26H37NO3. The SMILES string of the molecule is COc1ccc([C@@H](c2cc(C(C)(C)C)c(O)c(C(C)(C)C)c2)N2CCOCC2)cc1. The van der Waals surface area contributed by atoms with E-state index in [-0.39, 0.29) is 16.9 Å². The topological polar surface area (TPSA) is 41.9 Å². The smallest absolute Gasteiger partial charge is 0.123 e. The molecule has 2 aromatic carbocycles. The van der Waals surface area contributed by atoms with Crippen molar-refractivity contribution in [1.82, 2.24) is 4.90 Å². The molecule has 1 atom stereocenters. The van der Waals surface area contributed by atoms with Crippen LogP contribution in [0, 0.1) is 0 Å². The normalized spacial score (nSPS) is 17.0. The van der Waals surface area contributed by atoms with Crippen molar-refractivity contribution < 1.29 is 14.6 Å². The number of methoxy groups -OCH3 is 1. The number of ether oxygens (including phenoxy) is 2. The zero-order valence-corrected chi connectivity index (χ0v) is 19.6. The van der Waals surface area contributed by atoms with Gasteiger partial charge in [0, 0.05) is 13.1 Å². The van der Waals surface area contributed by atoms with Crippen LogP contribution < -0.4 is 4.74 Å². The van der Waals surface area contributed by atoms with Crippen molar-refractivity contribution in [1.29, 1.82) is 0 Å². The highest BCUT2D eigenvalue weighted by atomic mass is 16.5. The van der Waals surface area contributed by atoms with E-state index in [4.69, 9.17) is 9.47 Å². The zero-order valence-electron chi connectivity index (χ0n) is 19.6. The molecule has 2 aromatic rings. The molecule has 1 N–H and O–H groups in total. The van der Waals surface area contributed by atoms with Gasteiger partial charge < -0.3 is 14.6 Å². The second-order valence-electron chi connectivity index (χ2n) is 10.3. The number of morpholine rings is 1. The third kappa shape index (κ3) is 4.81. The van der Waals surface area contributed by atoms with Crippen LogP contribution in [-0.2, 0) is 15.6 Å². The van der Waals surface area contributed by atoms with Crippen LogP contribution in [0.1, 0.15) is 69.8 Å². The van der Waals surface area contributed by atoms with Crippen molar-refractivity contribution in [3.63, 3.8) is 0 Å². The van der Waals surface area contributed by atoms with Gasteiger partial charge in [0.1, 0.15) is 11.5 Å². The lowest BCUT2D eigenvalue weighted by molar-refractivity contribution is 0.0239. The molecule has 4 heteroatoms. The summed E-state index contributed by atoms with van der Waals surface area (Å²) in [4.78, 5) is 2.48. The summed E-state index contributed by atoms with van der Waals surface area (Å²) >= 11 is 0. The summed E-state index contributed by atoms with van der Waals surface area (Å²) in [6, 6.07) is 12.9. The first-order valence-corrected chi connectivity index (χ1v) is 10.9. The third-order valence-corrected chi connectivity index (χ3v) is 5.91. The van der Waals surface area contributed by atoms with Gasteiger partial charge >= 0.3 is 0 Å². The first-order chi connectivity index (χ1) is 14.0. The van der Waals surface area contributed by atoms with Gasteiger partial charge in [0.15, 0.2) is 0 Å². The molecule has 0 amide bonds. The van der Waals surface area contributed by atoms with Crippen LogP contribution in [0.5, 0.6) is 11.5 Å². The Hall–Kier alpha value is -2.04. The fourth-order valence-electron chi connectivity index (χ4n) is 4.19. The molecule has 1 saturated heterocycles. The Balaban J connectivity index is 2.21. The summed E-state index contributed by atoms with van der Waals surface area (Å²) in [5.74, 6) is 1.28. The summed E-state index contributed by atoms with van der Waals surface area (Å²) < 4.78 is 11.0. The van der Waals surface area contributed by atoms with Crippen LogP contribution in [0.15, 0.2) is 36.4 Å².